The average molecular weight is 258 g/mol. The molecule has 0 aliphatic heterocycles. The van der Waals surface area contributed by atoms with E-state index in [-0.39, 0.29) is 6.03 Å². The molecule has 2 N–H and O–H groups in total. The molecule has 5 nitrogen and oxygen atoms in total. The normalized spacial score (nSPS) is 10.2. The number of nitrogens with one attached hydrogen (secondary N) is 2. The fourth-order valence-electron chi connectivity index (χ4n) is 1.81. The summed E-state index contributed by atoms with van der Waals surface area (Å²) in [5.74, 6) is 0.945. The van der Waals surface area contributed by atoms with Crippen LogP contribution in [-0.4, -0.2) is 22.1 Å². The Morgan fingerprint density at radius 1 is 1.32 bits per heavy atom. The quantitative estimate of drug-likeness (QED) is 0.884. The molecule has 0 unspecified atom stereocenters. The molecule has 1 heterocycles. The number of carbonyl (C=O) groups excluding carboxylic acids is 1. The fraction of sp³-hybridized carbons (Fsp3) is 0.286. The summed E-state index contributed by atoms with van der Waals surface area (Å²) < 4.78 is 1.99. The number of aromatic nitrogens is 2. The summed E-state index contributed by atoms with van der Waals surface area (Å²) in [6.07, 6.45) is 3.65. The van der Waals surface area contributed by atoms with Crippen LogP contribution in [0.5, 0.6) is 0 Å². The third kappa shape index (κ3) is 3.58. The van der Waals surface area contributed by atoms with Crippen molar-refractivity contribution in [3.63, 3.8) is 0 Å². The minimum absolute atomic E-state index is 0.188. The van der Waals surface area contributed by atoms with E-state index in [9.17, 15) is 4.79 Å². The maximum Gasteiger partial charge on any atom is 0.319 e. The summed E-state index contributed by atoms with van der Waals surface area (Å²) in [7, 11) is 0. The Morgan fingerprint density at radius 3 is 2.79 bits per heavy atom. The first kappa shape index (κ1) is 13.1. The van der Waals surface area contributed by atoms with Crippen LogP contribution in [0.4, 0.5) is 10.5 Å². The van der Waals surface area contributed by atoms with E-state index in [0.717, 1.165) is 17.1 Å². The number of carbonyl (C=O) groups is 1. The van der Waals surface area contributed by atoms with Crippen molar-refractivity contribution in [1.82, 2.24) is 14.9 Å². The van der Waals surface area contributed by atoms with Gasteiger partial charge in [0, 0.05) is 31.2 Å². The molecular weight excluding hydrogens is 240 g/mol. The first-order valence-electron chi connectivity index (χ1n) is 6.25. The van der Waals surface area contributed by atoms with Crippen LogP contribution in [0.1, 0.15) is 11.4 Å². The first-order valence-corrected chi connectivity index (χ1v) is 6.25. The van der Waals surface area contributed by atoms with Crippen LogP contribution in [0.3, 0.4) is 0 Å². The minimum Gasteiger partial charge on any atom is -0.336 e. The number of hydrogen-bond acceptors (Lipinski definition) is 2. The number of anilines is 1. The molecule has 0 fully saturated rings. The predicted molar refractivity (Wildman–Crippen MR) is 75.2 cm³/mol. The van der Waals surface area contributed by atoms with E-state index in [1.807, 2.05) is 48.9 Å². The predicted octanol–water partition coefficient (Wildman–Crippen LogP) is 2.32. The lowest BCUT2D eigenvalue weighted by molar-refractivity contribution is 0.251. The van der Waals surface area contributed by atoms with Crippen molar-refractivity contribution in [2.24, 2.45) is 0 Å². The van der Waals surface area contributed by atoms with Crippen LogP contribution in [0.15, 0.2) is 36.7 Å². The number of hydrogen-bond donors (Lipinski definition) is 2. The maximum atomic E-state index is 11.7. The summed E-state index contributed by atoms with van der Waals surface area (Å²) in [5, 5.41) is 5.66. The smallest absolute Gasteiger partial charge is 0.319 e. The van der Waals surface area contributed by atoms with Crippen LogP contribution in [0, 0.1) is 13.8 Å². The molecule has 1 aromatic heterocycles. The number of urea groups is 1. The van der Waals surface area contributed by atoms with Crippen LogP contribution >= 0.6 is 0 Å². The molecule has 2 amide bonds. The Morgan fingerprint density at radius 2 is 2.11 bits per heavy atom. The van der Waals surface area contributed by atoms with Crippen molar-refractivity contribution < 1.29 is 4.79 Å². The molecule has 2 aromatic rings. The third-order valence-corrected chi connectivity index (χ3v) is 2.96. The number of imidazole rings is 1. The topological polar surface area (TPSA) is 59.0 Å². The highest BCUT2D eigenvalue weighted by atomic mass is 16.2. The molecule has 0 atom stereocenters. The molecule has 0 spiro atoms. The first-order chi connectivity index (χ1) is 9.16. The number of para-hydroxylation sites is 1. The van der Waals surface area contributed by atoms with Crippen molar-refractivity contribution in [3.8, 4) is 0 Å². The summed E-state index contributed by atoms with van der Waals surface area (Å²) >= 11 is 0. The van der Waals surface area contributed by atoms with Gasteiger partial charge in [0.2, 0.25) is 0 Å². The second kappa shape index (κ2) is 6.04. The third-order valence-electron chi connectivity index (χ3n) is 2.96. The van der Waals surface area contributed by atoms with Gasteiger partial charge in [-0.1, -0.05) is 18.2 Å². The number of amides is 2. The van der Waals surface area contributed by atoms with Crippen molar-refractivity contribution in [1.29, 1.82) is 0 Å². The Balaban J connectivity index is 1.79. The molecule has 100 valence electrons. The van der Waals surface area contributed by atoms with Gasteiger partial charge in [-0.25, -0.2) is 9.78 Å². The highest BCUT2D eigenvalue weighted by Crippen LogP contribution is 2.12. The molecule has 0 bridgehead atoms. The molecule has 19 heavy (non-hydrogen) atoms. The molecule has 0 saturated heterocycles. The molecule has 5 heteroatoms. The molecule has 0 aliphatic carbocycles. The fourth-order valence-corrected chi connectivity index (χ4v) is 1.81. The Kier molecular flexibility index (Phi) is 4.18. The van der Waals surface area contributed by atoms with Crippen LogP contribution < -0.4 is 10.6 Å². The van der Waals surface area contributed by atoms with E-state index in [1.165, 1.54) is 0 Å². The number of nitrogens with zero attached hydrogens (tertiary/aromatic N) is 2. The van der Waals surface area contributed by atoms with Gasteiger partial charge in [0.05, 0.1) is 0 Å². The lowest BCUT2D eigenvalue weighted by Crippen LogP contribution is -2.31. The van der Waals surface area contributed by atoms with Crippen molar-refractivity contribution in [3.05, 3.63) is 48.0 Å². The zero-order valence-electron chi connectivity index (χ0n) is 11.2. The Bertz CT molecular complexity index is 562. The highest BCUT2D eigenvalue weighted by molar-refractivity contribution is 5.89. The van der Waals surface area contributed by atoms with Crippen molar-refractivity contribution in [2.45, 2.75) is 20.4 Å². The van der Waals surface area contributed by atoms with Gasteiger partial charge < -0.3 is 15.2 Å². The summed E-state index contributed by atoms with van der Waals surface area (Å²) in [5.41, 5.74) is 1.88. The van der Waals surface area contributed by atoms with Gasteiger partial charge >= 0.3 is 6.03 Å². The molecule has 2 rings (SSSR count). The van der Waals surface area contributed by atoms with Gasteiger partial charge in [-0.05, 0) is 25.5 Å². The van der Waals surface area contributed by atoms with E-state index in [1.54, 1.807) is 6.20 Å². The lowest BCUT2D eigenvalue weighted by atomic mass is 10.2. The van der Waals surface area contributed by atoms with Gasteiger partial charge in [0.1, 0.15) is 5.82 Å². The average Bonchev–Trinajstić information content (AvgIpc) is 2.78. The number of rotatable bonds is 4. The molecule has 1 aromatic carbocycles. The summed E-state index contributed by atoms with van der Waals surface area (Å²) in [6.45, 7) is 5.18. The Hall–Kier alpha value is -2.30. The van der Waals surface area contributed by atoms with Crippen molar-refractivity contribution >= 4 is 11.7 Å². The second-order valence-corrected chi connectivity index (χ2v) is 4.36. The van der Waals surface area contributed by atoms with Crippen molar-refractivity contribution in [2.75, 3.05) is 11.9 Å². The zero-order chi connectivity index (χ0) is 13.7. The van der Waals surface area contributed by atoms with Crippen LogP contribution in [0.25, 0.3) is 0 Å². The van der Waals surface area contributed by atoms with E-state index in [4.69, 9.17) is 0 Å². The Labute approximate surface area is 112 Å². The van der Waals surface area contributed by atoms with Gasteiger partial charge in [0.25, 0.3) is 0 Å². The number of aryl methyl sites for hydroxylation is 2. The van der Waals surface area contributed by atoms with Gasteiger partial charge in [0.15, 0.2) is 0 Å². The van der Waals surface area contributed by atoms with E-state index in [2.05, 4.69) is 15.6 Å². The van der Waals surface area contributed by atoms with E-state index >= 15 is 0 Å². The highest BCUT2D eigenvalue weighted by Gasteiger charge is 2.03. The largest absolute Gasteiger partial charge is 0.336 e. The van der Waals surface area contributed by atoms with Crippen LogP contribution in [0.2, 0.25) is 0 Å². The van der Waals surface area contributed by atoms with Crippen LogP contribution in [-0.2, 0) is 6.54 Å². The minimum atomic E-state index is -0.188. The van der Waals surface area contributed by atoms with Gasteiger partial charge in [-0.3, -0.25) is 0 Å². The summed E-state index contributed by atoms with van der Waals surface area (Å²) in [4.78, 5) is 15.9. The zero-order valence-corrected chi connectivity index (χ0v) is 11.2. The summed E-state index contributed by atoms with van der Waals surface area (Å²) in [6, 6.07) is 7.50. The monoisotopic (exact) mass is 258 g/mol. The van der Waals surface area contributed by atoms with Gasteiger partial charge in [-0.15, -0.1) is 0 Å². The van der Waals surface area contributed by atoms with E-state index in [0.29, 0.717) is 13.1 Å². The van der Waals surface area contributed by atoms with E-state index < -0.39 is 0 Å². The van der Waals surface area contributed by atoms with Gasteiger partial charge in [-0.2, -0.15) is 0 Å². The lowest BCUT2D eigenvalue weighted by Gasteiger charge is -2.10. The molecule has 0 radical (unpaired) electrons. The standard InChI is InChI=1S/C14H18N4O/c1-11-5-3-4-6-13(11)17-14(19)16-8-10-18-9-7-15-12(18)2/h3-7,9H,8,10H2,1-2H3,(H2,16,17,19). The molecule has 0 saturated carbocycles. The SMILES string of the molecule is Cc1ccccc1NC(=O)NCCn1ccnc1C. The number of benzene rings is 1. The molecule has 0 aliphatic rings. The maximum absolute atomic E-state index is 11.7. The molecular formula is C14H18N4O. The second-order valence-electron chi connectivity index (χ2n) is 4.36.